The molecule has 19 heavy (non-hydrogen) atoms. The highest BCUT2D eigenvalue weighted by Crippen LogP contribution is 2.20. The van der Waals surface area contributed by atoms with E-state index in [0.29, 0.717) is 12.5 Å². The molecule has 0 aliphatic carbocycles. The van der Waals surface area contributed by atoms with Gasteiger partial charge in [0.2, 0.25) is 0 Å². The van der Waals surface area contributed by atoms with E-state index in [-0.39, 0.29) is 0 Å². The molecule has 1 heterocycles. The van der Waals surface area contributed by atoms with Crippen LogP contribution in [0.15, 0.2) is 29.6 Å². The molecule has 0 aliphatic rings. The number of ether oxygens (including phenoxy) is 1. The Hall–Kier alpha value is -1.39. The van der Waals surface area contributed by atoms with Crippen LogP contribution in [0.5, 0.6) is 5.75 Å². The van der Waals surface area contributed by atoms with Crippen LogP contribution in [0.4, 0.5) is 0 Å². The Bertz CT molecular complexity index is 522. The Morgan fingerprint density at radius 2 is 2.21 bits per heavy atom. The molecule has 2 aromatic rings. The van der Waals surface area contributed by atoms with E-state index < -0.39 is 0 Å². The molecule has 3 nitrogen and oxygen atoms in total. The molecule has 2 rings (SSSR count). The number of hydrogen-bond donors (Lipinski definition) is 1. The molecule has 4 heteroatoms. The van der Waals surface area contributed by atoms with Gasteiger partial charge in [-0.1, -0.05) is 26.0 Å². The van der Waals surface area contributed by atoms with Crippen molar-refractivity contribution in [3.8, 4) is 5.75 Å². The van der Waals surface area contributed by atoms with E-state index in [0.717, 1.165) is 18.0 Å². The van der Waals surface area contributed by atoms with Gasteiger partial charge in [-0.05, 0) is 24.7 Å². The van der Waals surface area contributed by atoms with E-state index in [1.54, 1.807) is 11.3 Å². The standard InChI is InChI=1S/C15H20N2OS/c1-11(2)15-17-13(10-19-15)9-18-14-6-4-5-12(7-14)8-16-3/h4-7,10-11,16H,8-9H2,1-3H3. The summed E-state index contributed by atoms with van der Waals surface area (Å²) >= 11 is 1.70. The molecule has 0 saturated heterocycles. The maximum Gasteiger partial charge on any atom is 0.131 e. The van der Waals surface area contributed by atoms with Crippen molar-refractivity contribution >= 4 is 11.3 Å². The second kappa shape index (κ2) is 6.68. The van der Waals surface area contributed by atoms with Gasteiger partial charge in [-0.3, -0.25) is 0 Å². The number of hydrogen-bond acceptors (Lipinski definition) is 4. The topological polar surface area (TPSA) is 34.1 Å². The van der Waals surface area contributed by atoms with Gasteiger partial charge in [0.15, 0.2) is 0 Å². The summed E-state index contributed by atoms with van der Waals surface area (Å²) in [6.07, 6.45) is 0. The molecule has 0 saturated carbocycles. The van der Waals surface area contributed by atoms with Crippen LogP contribution in [0.25, 0.3) is 0 Å². The molecule has 0 aliphatic heterocycles. The molecule has 1 N–H and O–H groups in total. The summed E-state index contributed by atoms with van der Waals surface area (Å²) in [4.78, 5) is 4.56. The first-order valence-corrected chi connectivity index (χ1v) is 7.37. The fourth-order valence-corrected chi connectivity index (χ4v) is 2.58. The lowest BCUT2D eigenvalue weighted by Gasteiger charge is -2.06. The molecular weight excluding hydrogens is 256 g/mol. The Labute approximate surface area is 118 Å². The second-order valence-electron chi connectivity index (χ2n) is 4.80. The highest BCUT2D eigenvalue weighted by molar-refractivity contribution is 7.09. The minimum atomic E-state index is 0.484. The lowest BCUT2D eigenvalue weighted by Crippen LogP contribution is -2.05. The fourth-order valence-electron chi connectivity index (χ4n) is 1.76. The number of rotatable bonds is 6. The number of benzene rings is 1. The Morgan fingerprint density at radius 3 is 2.89 bits per heavy atom. The molecular formula is C15H20N2OS. The number of thiazole rings is 1. The lowest BCUT2D eigenvalue weighted by molar-refractivity contribution is 0.301. The van der Waals surface area contributed by atoms with Crippen LogP contribution in [-0.4, -0.2) is 12.0 Å². The molecule has 0 radical (unpaired) electrons. The molecule has 0 spiro atoms. The van der Waals surface area contributed by atoms with Gasteiger partial charge in [0.05, 0.1) is 10.7 Å². The van der Waals surface area contributed by atoms with Crippen molar-refractivity contribution in [2.45, 2.75) is 32.9 Å². The quantitative estimate of drug-likeness (QED) is 0.876. The van der Waals surface area contributed by atoms with Crippen molar-refractivity contribution in [3.63, 3.8) is 0 Å². The van der Waals surface area contributed by atoms with Crippen molar-refractivity contribution in [3.05, 3.63) is 45.9 Å². The molecule has 0 unspecified atom stereocenters. The largest absolute Gasteiger partial charge is 0.487 e. The predicted molar refractivity (Wildman–Crippen MR) is 79.7 cm³/mol. The third kappa shape index (κ3) is 4.04. The van der Waals surface area contributed by atoms with Crippen LogP contribution >= 0.6 is 11.3 Å². The molecule has 0 amide bonds. The zero-order valence-corrected chi connectivity index (χ0v) is 12.5. The second-order valence-corrected chi connectivity index (χ2v) is 5.69. The first kappa shape index (κ1) is 14.0. The molecule has 1 aromatic heterocycles. The normalized spacial score (nSPS) is 10.9. The summed E-state index contributed by atoms with van der Waals surface area (Å²) in [5, 5.41) is 6.38. The number of aromatic nitrogens is 1. The van der Waals surface area contributed by atoms with E-state index in [1.807, 2.05) is 19.2 Å². The van der Waals surface area contributed by atoms with E-state index in [4.69, 9.17) is 4.74 Å². The summed E-state index contributed by atoms with van der Waals surface area (Å²) in [6.45, 7) is 5.70. The summed E-state index contributed by atoms with van der Waals surface area (Å²) in [5.74, 6) is 1.38. The van der Waals surface area contributed by atoms with Crippen molar-refractivity contribution in [2.24, 2.45) is 0 Å². The summed E-state index contributed by atoms with van der Waals surface area (Å²) < 4.78 is 5.79. The molecule has 0 atom stereocenters. The highest BCUT2D eigenvalue weighted by atomic mass is 32.1. The maximum absolute atomic E-state index is 5.79. The summed E-state index contributed by atoms with van der Waals surface area (Å²) in [5.41, 5.74) is 2.23. The van der Waals surface area contributed by atoms with E-state index in [1.165, 1.54) is 10.6 Å². The monoisotopic (exact) mass is 276 g/mol. The van der Waals surface area contributed by atoms with Gasteiger partial charge in [0.25, 0.3) is 0 Å². The van der Waals surface area contributed by atoms with E-state index >= 15 is 0 Å². The minimum absolute atomic E-state index is 0.484. The molecule has 1 aromatic carbocycles. The average Bonchev–Trinajstić information content (AvgIpc) is 2.86. The Balaban J connectivity index is 1.95. The Morgan fingerprint density at radius 1 is 1.37 bits per heavy atom. The van der Waals surface area contributed by atoms with Crippen molar-refractivity contribution < 1.29 is 4.74 Å². The van der Waals surface area contributed by atoms with Crippen LogP contribution in [0, 0.1) is 0 Å². The van der Waals surface area contributed by atoms with Crippen molar-refractivity contribution in [2.75, 3.05) is 7.05 Å². The van der Waals surface area contributed by atoms with Gasteiger partial charge in [-0.2, -0.15) is 0 Å². The first-order valence-electron chi connectivity index (χ1n) is 6.49. The van der Waals surface area contributed by atoms with Gasteiger partial charge in [0, 0.05) is 17.8 Å². The Kier molecular flexibility index (Phi) is 4.93. The molecule has 0 bridgehead atoms. The maximum atomic E-state index is 5.79. The zero-order chi connectivity index (χ0) is 13.7. The number of nitrogens with zero attached hydrogens (tertiary/aromatic N) is 1. The molecule has 0 fully saturated rings. The smallest absolute Gasteiger partial charge is 0.131 e. The van der Waals surface area contributed by atoms with E-state index in [2.05, 4.69) is 41.7 Å². The van der Waals surface area contributed by atoms with Crippen LogP contribution in [0.1, 0.15) is 36.0 Å². The third-order valence-electron chi connectivity index (χ3n) is 2.73. The van der Waals surface area contributed by atoms with Crippen LogP contribution in [-0.2, 0) is 13.2 Å². The molecule has 102 valence electrons. The van der Waals surface area contributed by atoms with Crippen LogP contribution in [0.3, 0.4) is 0 Å². The summed E-state index contributed by atoms with van der Waals surface area (Å²) in [6, 6.07) is 8.15. The SMILES string of the molecule is CNCc1cccc(OCc2csc(C(C)C)n2)c1. The first-order chi connectivity index (χ1) is 9.19. The average molecular weight is 276 g/mol. The fraction of sp³-hybridized carbons (Fsp3) is 0.400. The van der Waals surface area contributed by atoms with Crippen molar-refractivity contribution in [1.29, 1.82) is 0 Å². The minimum Gasteiger partial charge on any atom is -0.487 e. The van der Waals surface area contributed by atoms with Gasteiger partial charge < -0.3 is 10.1 Å². The van der Waals surface area contributed by atoms with E-state index in [9.17, 15) is 0 Å². The van der Waals surface area contributed by atoms with Gasteiger partial charge in [-0.15, -0.1) is 11.3 Å². The third-order valence-corrected chi connectivity index (χ3v) is 3.92. The van der Waals surface area contributed by atoms with Gasteiger partial charge >= 0.3 is 0 Å². The van der Waals surface area contributed by atoms with Crippen molar-refractivity contribution in [1.82, 2.24) is 10.3 Å². The number of nitrogens with one attached hydrogen (secondary N) is 1. The predicted octanol–water partition coefficient (Wildman–Crippen LogP) is 3.56. The van der Waals surface area contributed by atoms with Crippen LogP contribution in [0.2, 0.25) is 0 Å². The van der Waals surface area contributed by atoms with Gasteiger partial charge in [-0.25, -0.2) is 4.98 Å². The zero-order valence-electron chi connectivity index (χ0n) is 11.6. The highest BCUT2D eigenvalue weighted by Gasteiger charge is 2.06. The lowest BCUT2D eigenvalue weighted by atomic mass is 10.2. The van der Waals surface area contributed by atoms with Crippen LogP contribution < -0.4 is 10.1 Å². The van der Waals surface area contributed by atoms with Gasteiger partial charge in [0.1, 0.15) is 12.4 Å². The summed E-state index contributed by atoms with van der Waals surface area (Å²) in [7, 11) is 1.94.